The standard InChI is InChI=1S/C36H60O12S/c1-3-5-7-9-11-13-14-15-16-17-19-21-23-25-32(38)47-29(26-45-31(37)24-22-20-18-12-10-8-6-4-2)27-46-36-35(41)34(40)33(39)30(48-36)28-49(42,43)44/h5,7,9,11,13-14,18,20,29-30,33-36,39-41H,3-4,6,8,10,12,15-17,19,21-28H2,1-2H3,(H,42,43,44)/b7-5+,11-9+,14-13+,20-18+/t29?,30-,33-,34?,35?,36+/m1/s1. The normalized spacial score (nSPS) is 22.4. The largest absolute Gasteiger partial charge is 0.462 e. The molecule has 0 aliphatic carbocycles. The summed E-state index contributed by atoms with van der Waals surface area (Å²) in [4.78, 5) is 25.0. The average molecular weight is 717 g/mol. The molecule has 1 heterocycles. The van der Waals surface area contributed by atoms with E-state index in [1.807, 2.05) is 36.5 Å². The van der Waals surface area contributed by atoms with E-state index in [1.165, 1.54) is 19.3 Å². The van der Waals surface area contributed by atoms with Gasteiger partial charge in [0.05, 0.1) is 6.61 Å². The summed E-state index contributed by atoms with van der Waals surface area (Å²) in [5, 5.41) is 30.6. The molecule has 6 atom stereocenters. The van der Waals surface area contributed by atoms with Gasteiger partial charge in [0.2, 0.25) is 0 Å². The lowest BCUT2D eigenvalue weighted by Crippen LogP contribution is -2.60. The van der Waals surface area contributed by atoms with E-state index in [-0.39, 0.29) is 19.4 Å². The fourth-order valence-electron chi connectivity index (χ4n) is 4.93. The number of ether oxygens (including phenoxy) is 4. The number of carbonyl (C=O) groups is 2. The Morgan fingerprint density at radius 1 is 0.714 bits per heavy atom. The van der Waals surface area contributed by atoms with E-state index >= 15 is 0 Å². The Labute approximate surface area is 293 Å². The molecule has 3 unspecified atom stereocenters. The topological polar surface area (TPSA) is 186 Å². The lowest BCUT2D eigenvalue weighted by Gasteiger charge is -2.40. The maximum absolute atomic E-state index is 12.7. The molecule has 1 fully saturated rings. The van der Waals surface area contributed by atoms with E-state index in [0.717, 1.165) is 51.4 Å². The zero-order chi connectivity index (χ0) is 36.3. The molecule has 1 saturated heterocycles. The van der Waals surface area contributed by atoms with Crippen LogP contribution in [0.15, 0.2) is 48.6 Å². The van der Waals surface area contributed by atoms with Crippen LogP contribution in [0.5, 0.6) is 0 Å². The van der Waals surface area contributed by atoms with Gasteiger partial charge in [-0.15, -0.1) is 0 Å². The quantitative estimate of drug-likeness (QED) is 0.0284. The van der Waals surface area contributed by atoms with Crippen molar-refractivity contribution in [3.05, 3.63) is 48.6 Å². The highest BCUT2D eigenvalue weighted by atomic mass is 32.2. The SMILES string of the molecule is CC/C=C/C=C/C=C/CCCCCCCC(=O)OC(COC(=O)CC/C=C/CCCCCC)CO[C@H]1O[C@H](CS(=O)(=O)O)[C@@H](O)C(O)C1O. The highest BCUT2D eigenvalue weighted by Gasteiger charge is 2.46. The van der Waals surface area contributed by atoms with Crippen LogP contribution in [-0.2, 0) is 38.7 Å². The maximum Gasteiger partial charge on any atom is 0.306 e. The summed E-state index contributed by atoms with van der Waals surface area (Å²) in [5.74, 6) is -2.09. The zero-order valence-corrected chi connectivity index (χ0v) is 30.1. The van der Waals surface area contributed by atoms with E-state index in [9.17, 15) is 37.9 Å². The molecule has 0 aromatic rings. The van der Waals surface area contributed by atoms with Crippen LogP contribution in [0.1, 0.15) is 110 Å². The van der Waals surface area contributed by atoms with Crippen LogP contribution in [0.2, 0.25) is 0 Å². The summed E-state index contributed by atoms with van der Waals surface area (Å²) in [6.07, 6.45) is 19.3. The number of aliphatic hydroxyl groups excluding tert-OH is 3. The van der Waals surface area contributed by atoms with Gasteiger partial charge in [-0.25, -0.2) is 0 Å². The molecule has 0 saturated carbocycles. The third-order valence-electron chi connectivity index (χ3n) is 7.72. The third kappa shape index (κ3) is 22.9. The van der Waals surface area contributed by atoms with E-state index in [4.69, 9.17) is 18.9 Å². The van der Waals surface area contributed by atoms with Crippen molar-refractivity contribution in [2.24, 2.45) is 0 Å². The van der Waals surface area contributed by atoms with Crippen molar-refractivity contribution in [1.82, 2.24) is 0 Å². The van der Waals surface area contributed by atoms with Crippen LogP contribution in [-0.4, -0.2) is 96.0 Å². The molecule has 1 rings (SSSR count). The number of unbranched alkanes of at least 4 members (excludes halogenated alkanes) is 9. The third-order valence-corrected chi connectivity index (χ3v) is 8.47. The number of hydrogen-bond donors (Lipinski definition) is 4. The summed E-state index contributed by atoms with van der Waals surface area (Å²) in [6, 6.07) is 0. The van der Waals surface area contributed by atoms with E-state index in [0.29, 0.717) is 12.8 Å². The minimum atomic E-state index is -4.60. The van der Waals surface area contributed by atoms with Crippen LogP contribution >= 0.6 is 0 Å². The van der Waals surface area contributed by atoms with Gasteiger partial charge in [0.1, 0.15) is 36.8 Å². The smallest absolute Gasteiger partial charge is 0.306 e. The van der Waals surface area contributed by atoms with Crippen LogP contribution in [0.25, 0.3) is 0 Å². The Bertz CT molecular complexity index is 1120. The van der Waals surface area contributed by atoms with Gasteiger partial charge in [-0.2, -0.15) is 8.42 Å². The number of esters is 2. The van der Waals surface area contributed by atoms with Crippen molar-refractivity contribution in [2.45, 2.75) is 147 Å². The van der Waals surface area contributed by atoms with Crippen LogP contribution in [0.4, 0.5) is 0 Å². The summed E-state index contributed by atoms with van der Waals surface area (Å²) in [7, 11) is -4.60. The van der Waals surface area contributed by atoms with Crippen molar-refractivity contribution in [1.29, 1.82) is 0 Å². The van der Waals surface area contributed by atoms with E-state index < -0.39 is 71.2 Å². The molecule has 1 aliphatic rings. The molecule has 12 nitrogen and oxygen atoms in total. The molecule has 0 spiro atoms. The molecule has 0 radical (unpaired) electrons. The number of aliphatic hydroxyl groups is 3. The molecular formula is C36H60O12S. The Morgan fingerprint density at radius 2 is 1.35 bits per heavy atom. The first-order valence-corrected chi connectivity index (χ1v) is 19.3. The lowest BCUT2D eigenvalue weighted by atomic mass is 10.00. The van der Waals surface area contributed by atoms with Gasteiger partial charge in [0.15, 0.2) is 12.4 Å². The Balaban J connectivity index is 2.60. The molecule has 13 heteroatoms. The van der Waals surface area contributed by atoms with E-state index in [1.54, 1.807) is 0 Å². The molecule has 1 aliphatic heterocycles. The number of carbonyl (C=O) groups excluding carboxylic acids is 2. The highest BCUT2D eigenvalue weighted by molar-refractivity contribution is 7.85. The second-order valence-corrected chi connectivity index (χ2v) is 13.7. The van der Waals surface area contributed by atoms with Crippen LogP contribution in [0, 0.1) is 0 Å². The van der Waals surface area contributed by atoms with Gasteiger partial charge in [0.25, 0.3) is 10.1 Å². The van der Waals surface area contributed by atoms with Gasteiger partial charge in [0, 0.05) is 12.8 Å². The average Bonchev–Trinajstić information content (AvgIpc) is 3.05. The first-order valence-electron chi connectivity index (χ1n) is 17.7. The molecule has 49 heavy (non-hydrogen) atoms. The summed E-state index contributed by atoms with van der Waals surface area (Å²) in [6.45, 7) is 3.47. The Kier molecular flexibility index (Phi) is 24.9. The summed E-state index contributed by atoms with van der Waals surface area (Å²) in [5.41, 5.74) is 0. The Morgan fingerprint density at radius 3 is 2.04 bits per heavy atom. The lowest BCUT2D eigenvalue weighted by molar-refractivity contribution is -0.297. The number of hydrogen-bond acceptors (Lipinski definition) is 11. The predicted molar refractivity (Wildman–Crippen MR) is 187 cm³/mol. The highest BCUT2D eigenvalue weighted by Crippen LogP contribution is 2.23. The van der Waals surface area contributed by atoms with E-state index in [2.05, 4.69) is 26.0 Å². The first-order chi connectivity index (χ1) is 23.5. The maximum atomic E-state index is 12.7. The number of rotatable bonds is 27. The van der Waals surface area contributed by atoms with Crippen molar-refractivity contribution in [3.8, 4) is 0 Å². The second kappa shape index (κ2) is 27.3. The molecule has 0 aromatic carbocycles. The van der Waals surface area contributed by atoms with Gasteiger partial charge in [-0.1, -0.05) is 101 Å². The zero-order valence-electron chi connectivity index (χ0n) is 29.3. The summed E-state index contributed by atoms with van der Waals surface area (Å²) >= 11 is 0. The predicted octanol–water partition coefficient (Wildman–Crippen LogP) is 5.27. The van der Waals surface area contributed by atoms with Crippen LogP contribution < -0.4 is 0 Å². The van der Waals surface area contributed by atoms with Crippen molar-refractivity contribution in [3.63, 3.8) is 0 Å². The minimum absolute atomic E-state index is 0.127. The van der Waals surface area contributed by atoms with Crippen molar-refractivity contribution >= 4 is 22.1 Å². The number of allylic oxidation sites excluding steroid dienone is 8. The minimum Gasteiger partial charge on any atom is -0.462 e. The van der Waals surface area contributed by atoms with Crippen molar-refractivity contribution in [2.75, 3.05) is 19.0 Å². The van der Waals surface area contributed by atoms with Crippen LogP contribution in [0.3, 0.4) is 0 Å². The first kappa shape index (κ1) is 44.6. The summed E-state index contributed by atoms with van der Waals surface area (Å²) < 4.78 is 53.5. The molecule has 282 valence electrons. The monoisotopic (exact) mass is 716 g/mol. The molecule has 0 bridgehead atoms. The van der Waals surface area contributed by atoms with Gasteiger partial charge < -0.3 is 34.3 Å². The molecule has 4 N–H and O–H groups in total. The fourth-order valence-corrected chi connectivity index (χ4v) is 5.62. The van der Waals surface area contributed by atoms with Gasteiger partial charge in [-0.05, 0) is 44.9 Å². The Hall–Kier alpha value is -2.39. The fraction of sp³-hybridized carbons (Fsp3) is 0.722. The molecule has 0 aromatic heterocycles. The van der Waals surface area contributed by atoms with Gasteiger partial charge in [-0.3, -0.25) is 14.1 Å². The second-order valence-electron chi connectivity index (χ2n) is 12.2. The van der Waals surface area contributed by atoms with Gasteiger partial charge >= 0.3 is 11.9 Å². The molecular weight excluding hydrogens is 656 g/mol. The van der Waals surface area contributed by atoms with Crippen molar-refractivity contribution < 1.29 is 56.8 Å². The molecule has 0 amide bonds.